The molecule has 1 aromatic rings. The van der Waals surface area contributed by atoms with Crippen LogP contribution in [0.2, 0.25) is 0 Å². The monoisotopic (exact) mass is 298 g/mol. The summed E-state index contributed by atoms with van der Waals surface area (Å²) < 4.78 is 27.8. The average Bonchev–Trinajstić information content (AvgIpc) is 2.34. The quantitative estimate of drug-likeness (QED) is 0.758. The zero-order valence-electron chi connectivity index (χ0n) is 12.5. The van der Waals surface area contributed by atoms with Crippen molar-refractivity contribution in [1.29, 1.82) is 0 Å². The highest BCUT2D eigenvalue weighted by atomic mass is 32.2. The Morgan fingerprint density at radius 3 is 2.50 bits per heavy atom. The number of hydrogen-bond donors (Lipinski definition) is 0. The van der Waals surface area contributed by atoms with E-state index in [2.05, 4.69) is 0 Å². The number of benzene rings is 1. The molecule has 0 saturated heterocycles. The Hall–Kier alpha value is -1.36. The molecule has 1 rings (SSSR count). The van der Waals surface area contributed by atoms with Gasteiger partial charge in [-0.1, -0.05) is 32.9 Å². The van der Waals surface area contributed by atoms with Gasteiger partial charge in [0.05, 0.1) is 17.9 Å². The van der Waals surface area contributed by atoms with Gasteiger partial charge in [-0.05, 0) is 29.5 Å². The smallest absolute Gasteiger partial charge is 0.338 e. The minimum atomic E-state index is -3.11. The van der Waals surface area contributed by atoms with Crippen LogP contribution in [0.1, 0.15) is 43.1 Å². The number of esters is 1. The van der Waals surface area contributed by atoms with E-state index in [-0.39, 0.29) is 11.2 Å². The van der Waals surface area contributed by atoms with Gasteiger partial charge in [0.2, 0.25) is 0 Å². The number of hydrogen-bond acceptors (Lipinski definition) is 4. The van der Waals surface area contributed by atoms with Crippen molar-refractivity contribution >= 4 is 15.8 Å². The molecule has 20 heavy (non-hydrogen) atoms. The van der Waals surface area contributed by atoms with Gasteiger partial charge in [-0.3, -0.25) is 0 Å². The van der Waals surface area contributed by atoms with Gasteiger partial charge in [0, 0.05) is 6.26 Å². The van der Waals surface area contributed by atoms with Gasteiger partial charge in [0.25, 0.3) is 0 Å². The van der Waals surface area contributed by atoms with E-state index >= 15 is 0 Å². The van der Waals surface area contributed by atoms with Crippen LogP contribution in [0.4, 0.5) is 0 Å². The third-order valence-electron chi connectivity index (χ3n) is 3.14. The van der Waals surface area contributed by atoms with Crippen LogP contribution in [0.15, 0.2) is 24.3 Å². The lowest BCUT2D eigenvalue weighted by Gasteiger charge is -2.21. The summed E-state index contributed by atoms with van der Waals surface area (Å²) in [5, 5.41) is 0. The van der Waals surface area contributed by atoms with Crippen molar-refractivity contribution in [3.8, 4) is 0 Å². The molecular formula is C15H22O4S. The van der Waals surface area contributed by atoms with Crippen LogP contribution >= 0.6 is 0 Å². The van der Waals surface area contributed by atoms with E-state index in [1.165, 1.54) is 6.26 Å². The third-order valence-corrected chi connectivity index (χ3v) is 4.00. The molecule has 0 aliphatic heterocycles. The first-order valence-electron chi connectivity index (χ1n) is 6.57. The first-order chi connectivity index (χ1) is 9.13. The molecule has 0 aromatic heterocycles. The second-order valence-corrected chi connectivity index (χ2v) is 8.00. The Balaban J connectivity index is 2.77. The molecule has 0 radical (unpaired) electrons. The Kier molecular flexibility index (Phi) is 5.34. The maximum absolute atomic E-state index is 12.0. The van der Waals surface area contributed by atoms with E-state index in [0.717, 1.165) is 6.42 Å². The second kappa shape index (κ2) is 6.39. The van der Waals surface area contributed by atoms with Crippen LogP contribution in [0.5, 0.6) is 0 Å². The normalized spacial score (nSPS) is 12.2. The van der Waals surface area contributed by atoms with E-state index in [1.54, 1.807) is 24.3 Å². The lowest BCUT2D eigenvalue weighted by Crippen LogP contribution is -2.21. The van der Waals surface area contributed by atoms with Crippen molar-refractivity contribution in [3.63, 3.8) is 0 Å². The Morgan fingerprint density at radius 1 is 1.30 bits per heavy atom. The van der Waals surface area contributed by atoms with Gasteiger partial charge in [0.15, 0.2) is 9.84 Å². The van der Waals surface area contributed by atoms with Gasteiger partial charge < -0.3 is 4.74 Å². The van der Waals surface area contributed by atoms with E-state index in [0.29, 0.717) is 17.7 Å². The van der Waals surface area contributed by atoms with Gasteiger partial charge >= 0.3 is 5.97 Å². The summed E-state index contributed by atoms with van der Waals surface area (Å²) in [5.74, 6) is -0.490. The van der Waals surface area contributed by atoms with Gasteiger partial charge in [-0.25, -0.2) is 13.2 Å². The SMILES string of the molecule is CCC(C)(C)COC(=O)c1cccc(CS(C)(=O)=O)c1. The lowest BCUT2D eigenvalue weighted by atomic mass is 9.92. The Morgan fingerprint density at radius 2 is 1.95 bits per heavy atom. The topological polar surface area (TPSA) is 60.4 Å². The molecule has 0 unspecified atom stereocenters. The summed E-state index contributed by atoms with van der Waals surface area (Å²) in [6.45, 7) is 6.44. The minimum absolute atomic E-state index is 0.0555. The first kappa shape index (κ1) is 16.7. The molecule has 112 valence electrons. The standard InChI is InChI=1S/C15H22O4S/c1-5-15(2,3)11-19-14(16)13-8-6-7-12(9-13)10-20(4,17)18/h6-9H,5,10-11H2,1-4H3. The molecule has 0 aliphatic rings. The van der Waals surface area contributed by atoms with Crippen molar-refractivity contribution in [2.24, 2.45) is 5.41 Å². The zero-order chi connectivity index (χ0) is 15.4. The number of carbonyl (C=O) groups excluding carboxylic acids is 1. The average molecular weight is 298 g/mol. The van der Waals surface area contributed by atoms with Crippen LogP contribution in [0.25, 0.3) is 0 Å². The lowest BCUT2D eigenvalue weighted by molar-refractivity contribution is 0.0335. The summed E-state index contributed by atoms with van der Waals surface area (Å²) in [5.41, 5.74) is 0.926. The van der Waals surface area contributed by atoms with E-state index in [1.807, 2.05) is 20.8 Å². The highest BCUT2D eigenvalue weighted by molar-refractivity contribution is 7.89. The fourth-order valence-corrected chi connectivity index (χ4v) is 2.32. The molecule has 0 N–H and O–H groups in total. The first-order valence-corrected chi connectivity index (χ1v) is 8.63. The number of carbonyl (C=O) groups is 1. The highest BCUT2D eigenvalue weighted by Gasteiger charge is 2.18. The molecule has 0 amide bonds. The molecule has 0 saturated carbocycles. The van der Waals surface area contributed by atoms with Gasteiger partial charge in [-0.2, -0.15) is 0 Å². The molecular weight excluding hydrogens is 276 g/mol. The predicted octanol–water partition coefficient (Wildman–Crippen LogP) is 2.82. The molecule has 0 atom stereocenters. The summed E-state index contributed by atoms with van der Waals surface area (Å²) in [6.07, 6.45) is 2.08. The summed E-state index contributed by atoms with van der Waals surface area (Å²) >= 11 is 0. The maximum atomic E-state index is 12.0. The van der Waals surface area contributed by atoms with E-state index in [9.17, 15) is 13.2 Å². The molecule has 4 nitrogen and oxygen atoms in total. The number of sulfone groups is 1. The molecule has 0 heterocycles. The molecule has 5 heteroatoms. The molecule has 1 aromatic carbocycles. The summed E-state index contributed by atoms with van der Waals surface area (Å²) in [6, 6.07) is 6.56. The van der Waals surface area contributed by atoms with Gasteiger partial charge in [-0.15, -0.1) is 0 Å². The summed E-state index contributed by atoms with van der Waals surface area (Å²) in [7, 11) is -3.11. The predicted molar refractivity (Wildman–Crippen MR) is 79.3 cm³/mol. The fraction of sp³-hybridized carbons (Fsp3) is 0.533. The maximum Gasteiger partial charge on any atom is 0.338 e. The fourth-order valence-electron chi connectivity index (χ4n) is 1.54. The molecule has 0 fully saturated rings. The minimum Gasteiger partial charge on any atom is -0.462 e. The van der Waals surface area contributed by atoms with Crippen LogP contribution in [-0.4, -0.2) is 27.2 Å². The summed E-state index contributed by atoms with van der Waals surface area (Å²) in [4.78, 5) is 12.0. The van der Waals surface area contributed by atoms with Crippen LogP contribution < -0.4 is 0 Å². The highest BCUT2D eigenvalue weighted by Crippen LogP contribution is 2.20. The Bertz CT molecular complexity index is 573. The molecule has 0 spiro atoms. The third kappa shape index (κ3) is 5.74. The van der Waals surface area contributed by atoms with E-state index < -0.39 is 15.8 Å². The van der Waals surface area contributed by atoms with Crippen molar-refractivity contribution < 1.29 is 17.9 Å². The van der Waals surface area contributed by atoms with Crippen molar-refractivity contribution in [2.45, 2.75) is 32.9 Å². The van der Waals surface area contributed by atoms with Crippen molar-refractivity contribution in [3.05, 3.63) is 35.4 Å². The van der Waals surface area contributed by atoms with Crippen LogP contribution in [0, 0.1) is 5.41 Å². The Labute approximate surface area is 121 Å². The largest absolute Gasteiger partial charge is 0.462 e. The van der Waals surface area contributed by atoms with Gasteiger partial charge in [0.1, 0.15) is 0 Å². The van der Waals surface area contributed by atoms with Crippen molar-refractivity contribution in [2.75, 3.05) is 12.9 Å². The van der Waals surface area contributed by atoms with E-state index in [4.69, 9.17) is 4.74 Å². The number of ether oxygens (including phenoxy) is 1. The van der Waals surface area contributed by atoms with Crippen LogP contribution in [-0.2, 0) is 20.3 Å². The van der Waals surface area contributed by atoms with Crippen molar-refractivity contribution in [1.82, 2.24) is 0 Å². The second-order valence-electron chi connectivity index (χ2n) is 5.86. The number of rotatable bonds is 6. The molecule has 0 bridgehead atoms. The van der Waals surface area contributed by atoms with Crippen LogP contribution in [0.3, 0.4) is 0 Å². The zero-order valence-corrected chi connectivity index (χ0v) is 13.3. The molecule has 0 aliphatic carbocycles.